The number of nitrogen functional groups attached to an aromatic ring is 1. The van der Waals surface area contributed by atoms with E-state index in [0.717, 1.165) is 22.9 Å². The first-order valence-electron chi connectivity index (χ1n) is 11.1. The fraction of sp³-hybridized carbons (Fsp3) is 0.250. The van der Waals surface area contributed by atoms with E-state index in [1.807, 2.05) is 0 Å². The van der Waals surface area contributed by atoms with E-state index in [0.29, 0.717) is 25.1 Å². The van der Waals surface area contributed by atoms with Crippen LogP contribution in [0.1, 0.15) is 41.5 Å². The number of benzene rings is 1. The van der Waals surface area contributed by atoms with Gasteiger partial charge < -0.3 is 10.6 Å². The lowest BCUT2D eigenvalue weighted by atomic mass is 10.1. The number of aromatic nitrogens is 5. The number of hydrogen-bond donors (Lipinski definition) is 1. The number of aryl methyl sites for hydroxylation is 1. The van der Waals surface area contributed by atoms with Crippen LogP contribution in [-0.2, 0) is 6.18 Å². The standard InChI is InChI=1S/C24H18F4N8O/c1-12-15(9-29)20(34-23(30)32-12)35-7-3-6-18(35)21-33-17-5-2-4-16(24(26,27)28)19(17)22(37)36(21)14-8-13(25)10-31-11-14/h2,4-5,8,10-11,18H,3,6-7H2,1H3,(H2,30,32,34)/t18-/m0/s1. The molecule has 0 bridgehead atoms. The zero-order valence-electron chi connectivity index (χ0n) is 19.3. The van der Waals surface area contributed by atoms with Crippen LogP contribution in [-0.4, -0.2) is 31.0 Å². The SMILES string of the molecule is Cc1nc(N)nc(N2CCC[C@H]2c2nc3cccc(C(F)(F)F)c3c(=O)n2-c2cncc(F)c2)c1C#N. The van der Waals surface area contributed by atoms with Crippen LogP contribution in [0, 0.1) is 24.1 Å². The first-order valence-corrected chi connectivity index (χ1v) is 11.1. The minimum Gasteiger partial charge on any atom is -0.368 e. The van der Waals surface area contributed by atoms with Crippen molar-refractivity contribution in [1.82, 2.24) is 24.5 Å². The van der Waals surface area contributed by atoms with Crippen molar-refractivity contribution >= 4 is 22.7 Å². The largest absolute Gasteiger partial charge is 0.417 e. The van der Waals surface area contributed by atoms with Crippen LogP contribution in [0.2, 0.25) is 0 Å². The second-order valence-electron chi connectivity index (χ2n) is 8.50. The first-order chi connectivity index (χ1) is 17.6. The predicted octanol–water partition coefficient (Wildman–Crippen LogP) is 3.83. The fourth-order valence-electron chi connectivity index (χ4n) is 4.69. The average molecular weight is 510 g/mol. The summed E-state index contributed by atoms with van der Waals surface area (Å²) < 4.78 is 56.6. The van der Waals surface area contributed by atoms with Crippen molar-refractivity contribution in [2.75, 3.05) is 17.2 Å². The maximum atomic E-state index is 14.1. The molecule has 1 fully saturated rings. The molecule has 1 aromatic carbocycles. The van der Waals surface area contributed by atoms with Crippen LogP contribution < -0.4 is 16.2 Å². The van der Waals surface area contributed by atoms with Gasteiger partial charge in [-0.2, -0.15) is 23.4 Å². The zero-order chi connectivity index (χ0) is 26.5. The number of halogens is 4. The van der Waals surface area contributed by atoms with Crippen LogP contribution in [0.15, 0.2) is 41.5 Å². The topological polar surface area (TPSA) is 127 Å². The summed E-state index contributed by atoms with van der Waals surface area (Å²) in [5.74, 6) is -0.572. The molecule has 1 saturated heterocycles. The number of alkyl halides is 3. The Kier molecular flexibility index (Phi) is 5.74. The first kappa shape index (κ1) is 24.1. The van der Waals surface area contributed by atoms with Crippen molar-refractivity contribution in [2.45, 2.75) is 32.0 Å². The van der Waals surface area contributed by atoms with Crippen LogP contribution >= 0.6 is 0 Å². The molecule has 0 amide bonds. The van der Waals surface area contributed by atoms with Gasteiger partial charge in [0, 0.05) is 12.6 Å². The van der Waals surface area contributed by atoms with E-state index in [9.17, 15) is 27.6 Å². The maximum Gasteiger partial charge on any atom is 0.417 e. The number of nitriles is 1. The van der Waals surface area contributed by atoms with E-state index >= 15 is 0 Å². The lowest BCUT2D eigenvalue weighted by Gasteiger charge is -2.28. The molecular weight excluding hydrogens is 492 g/mol. The van der Waals surface area contributed by atoms with Crippen molar-refractivity contribution in [3.8, 4) is 11.8 Å². The van der Waals surface area contributed by atoms with E-state index in [1.165, 1.54) is 18.3 Å². The average Bonchev–Trinajstić information content (AvgIpc) is 3.32. The van der Waals surface area contributed by atoms with E-state index < -0.39 is 34.5 Å². The molecule has 37 heavy (non-hydrogen) atoms. The van der Waals surface area contributed by atoms with Crippen molar-refractivity contribution in [2.24, 2.45) is 0 Å². The molecule has 4 heterocycles. The summed E-state index contributed by atoms with van der Waals surface area (Å²) in [4.78, 5) is 32.0. The van der Waals surface area contributed by atoms with Crippen molar-refractivity contribution in [3.63, 3.8) is 0 Å². The molecule has 0 unspecified atom stereocenters. The minimum atomic E-state index is -4.82. The summed E-state index contributed by atoms with van der Waals surface area (Å²) >= 11 is 0. The number of fused-ring (bicyclic) bond motifs is 1. The Morgan fingerprint density at radius 3 is 2.68 bits per heavy atom. The highest BCUT2D eigenvalue weighted by atomic mass is 19.4. The zero-order valence-corrected chi connectivity index (χ0v) is 19.3. The molecule has 5 rings (SSSR count). The number of rotatable bonds is 3. The quantitative estimate of drug-likeness (QED) is 0.412. The van der Waals surface area contributed by atoms with Gasteiger partial charge in [-0.05, 0) is 31.9 Å². The highest BCUT2D eigenvalue weighted by Crippen LogP contribution is 2.39. The molecule has 188 valence electrons. The Balaban J connectivity index is 1.83. The smallest absolute Gasteiger partial charge is 0.368 e. The molecule has 0 radical (unpaired) electrons. The molecule has 1 atom stereocenters. The Hall–Kier alpha value is -4.60. The van der Waals surface area contributed by atoms with Crippen molar-refractivity contribution in [1.29, 1.82) is 5.26 Å². The lowest BCUT2D eigenvalue weighted by molar-refractivity contribution is -0.136. The predicted molar refractivity (Wildman–Crippen MR) is 125 cm³/mol. The van der Waals surface area contributed by atoms with E-state index in [-0.39, 0.29) is 34.4 Å². The molecule has 9 nitrogen and oxygen atoms in total. The Morgan fingerprint density at radius 2 is 1.97 bits per heavy atom. The third kappa shape index (κ3) is 4.10. The van der Waals surface area contributed by atoms with Crippen LogP contribution in [0.3, 0.4) is 0 Å². The summed E-state index contributed by atoms with van der Waals surface area (Å²) in [5.41, 5.74) is 3.94. The summed E-state index contributed by atoms with van der Waals surface area (Å²) in [5, 5.41) is 9.09. The number of nitrogens with two attached hydrogens (primary N) is 1. The van der Waals surface area contributed by atoms with Crippen molar-refractivity contribution in [3.05, 3.63) is 75.5 Å². The second kappa shape index (κ2) is 8.81. The molecular formula is C24H18F4N8O. The third-order valence-electron chi connectivity index (χ3n) is 6.20. The number of hydrogen-bond acceptors (Lipinski definition) is 8. The lowest BCUT2D eigenvalue weighted by Crippen LogP contribution is -2.33. The summed E-state index contributed by atoms with van der Waals surface area (Å²) in [7, 11) is 0. The molecule has 0 saturated carbocycles. The Bertz CT molecular complexity index is 1640. The minimum absolute atomic E-state index is 0.0560. The Labute approximate surface area is 206 Å². The second-order valence-corrected chi connectivity index (χ2v) is 8.50. The summed E-state index contributed by atoms with van der Waals surface area (Å²) in [6.07, 6.45) is -1.72. The molecule has 13 heteroatoms. The van der Waals surface area contributed by atoms with Crippen LogP contribution in [0.25, 0.3) is 16.6 Å². The van der Waals surface area contributed by atoms with E-state index in [4.69, 9.17) is 5.73 Å². The van der Waals surface area contributed by atoms with Gasteiger partial charge in [-0.3, -0.25) is 14.3 Å². The molecule has 4 aromatic rings. The van der Waals surface area contributed by atoms with E-state index in [1.54, 1.807) is 11.8 Å². The molecule has 0 spiro atoms. The monoisotopic (exact) mass is 510 g/mol. The van der Waals surface area contributed by atoms with Gasteiger partial charge in [-0.15, -0.1) is 0 Å². The molecule has 2 N–H and O–H groups in total. The molecule has 0 aliphatic carbocycles. The highest BCUT2D eigenvalue weighted by molar-refractivity contribution is 5.82. The van der Waals surface area contributed by atoms with E-state index in [2.05, 4.69) is 26.0 Å². The van der Waals surface area contributed by atoms with Gasteiger partial charge in [0.25, 0.3) is 5.56 Å². The summed E-state index contributed by atoms with van der Waals surface area (Å²) in [6, 6.07) is 5.64. The van der Waals surface area contributed by atoms with Gasteiger partial charge in [0.15, 0.2) is 5.82 Å². The van der Waals surface area contributed by atoms with Gasteiger partial charge >= 0.3 is 6.18 Å². The molecule has 1 aliphatic rings. The fourth-order valence-corrected chi connectivity index (χ4v) is 4.69. The van der Waals surface area contributed by atoms with Gasteiger partial charge in [0.05, 0.1) is 46.3 Å². The maximum absolute atomic E-state index is 14.1. The number of nitrogens with zero attached hydrogens (tertiary/aromatic N) is 7. The van der Waals surface area contributed by atoms with Crippen LogP contribution in [0.4, 0.5) is 29.3 Å². The summed E-state index contributed by atoms with van der Waals surface area (Å²) in [6.45, 7) is 2.00. The molecule has 3 aromatic heterocycles. The number of anilines is 2. The van der Waals surface area contributed by atoms with Gasteiger partial charge in [0.1, 0.15) is 23.3 Å². The molecule has 1 aliphatic heterocycles. The van der Waals surface area contributed by atoms with Crippen LogP contribution in [0.5, 0.6) is 0 Å². The van der Waals surface area contributed by atoms with Gasteiger partial charge in [0.2, 0.25) is 5.95 Å². The Morgan fingerprint density at radius 1 is 1.19 bits per heavy atom. The van der Waals surface area contributed by atoms with Gasteiger partial charge in [-0.1, -0.05) is 6.07 Å². The third-order valence-corrected chi connectivity index (χ3v) is 6.20. The van der Waals surface area contributed by atoms with Gasteiger partial charge in [-0.25, -0.2) is 14.4 Å². The van der Waals surface area contributed by atoms with Crippen molar-refractivity contribution < 1.29 is 17.6 Å². The number of pyridine rings is 1. The normalized spacial score (nSPS) is 15.8. The highest BCUT2D eigenvalue weighted by Gasteiger charge is 2.37.